The zero-order chi connectivity index (χ0) is 15.8. The molecule has 2 rings (SSSR count). The summed E-state index contributed by atoms with van der Waals surface area (Å²) in [5.41, 5.74) is 0. The second kappa shape index (κ2) is 9.13. The quantitative estimate of drug-likeness (QED) is 0.758. The van der Waals surface area contributed by atoms with Crippen molar-refractivity contribution in [2.45, 2.75) is 82.8 Å². The molecule has 0 radical (unpaired) electrons. The number of rotatable bonds is 7. The normalized spacial score (nSPS) is 24.6. The average Bonchev–Trinajstić information content (AvgIpc) is 2.54. The molecular weight excluding hydrogens is 282 g/mol. The van der Waals surface area contributed by atoms with Crippen LogP contribution >= 0.6 is 0 Å². The minimum Gasteiger partial charge on any atom is -0.481 e. The van der Waals surface area contributed by atoms with Crippen molar-refractivity contribution in [3.8, 4) is 0 Å². The monoisotopic (exact) mass is 311 g/mol. The third-order valence-corrected chi connectivity index (χ3v) is 4.87. The highest BCUT2D eigenvalue weighted by molar-refractivity contribution is 5.81. The number of aliphatic carboxylic acids is 1. The lowest BCUT2D eigenvalue weighted by atomic mass is 9.84. The van der Waals surface area contributed by atoms with Gasteiger partial charge in [0.1, 0.15) is 6.10 Å². The van der Waals surface area contributed by atoms with E-state index >= 15 is 0 Å². The minimum atomic E-state index is -0.795. The van der Waals surface area contributed by atoms with Gasteiger partial charge in [-0.2, -0.15) is 0 Å². The summed E-state index contributed by atoms with van der Waals surface area (Å²) < 4.78 is 5.53. The smallest absolute Gasteiger partial charge is 0.303 e. The predicted octanol–water partition coefficient (Wildman–Crippen LogP) is 2.88. The average molecular weight is 311 g/mol. The van der Waals surface area contributed by atoms with Crippen LogP contribution in [-0.4, -0.2) is 35.7 Å². The van der Waals surface area contributed by atoms with E-state index < -0.39 is 5.97 Å². The lowest BCUT2D eigenvalue weighted by Gasteiger charge is -2.29. The standard InChI is InChI=1S/C17H29NO4/c19-16(20)10-9-14(12-13-6-2-1-3-7-13)18-17(21)15-8-4-5-11-22-15/h13-15H,1-12H2,(H,18,21)(H,19,20). The Morgan fingerprint density at radius 2 is 1.82 bits per heavy atom. The van der Waals surface area contributed by atoms with Crippen LogP contribution in [0.3, 0.4) is 0 Å². The molecule has 1 saturated carbocycles. The number of ether oxygens (including phenoxy) is 1. The lowest BCUT2D eigenvalue weighted by molar-refractivity contribution is -0.139. The summed E-state index contributed by atoms with van der Waals surface area (Å²) >= 11 is 0. The van der Waals surface area contributed by atoms with Crippen LogP contribution < -0.4 is 5.32 Å². The van der Waals surface area contributed by atoms with E-state index in [-0.39, 0.29) is 24.5 Å². The Morgan fingerprint density at radius 1 is 1.09 bits per heavy atom. The van der Waals surface area contributed by atoms with Crippen LogP contribution in [-0.2, 0) is 14.3 Å². The molecule has 1 heterocycles. The Kier molecular flexibility index (Phi) is 7.16. The van der Waals surface area contributed by atoms with Gasteiger partial charge in [0.15, 0.2) is 0 Å². The van der Waals surface area contributed by atoms with Crippen molar-refractivity contribution in [1.29, 1.82) is 0 Å². The minimum absolute atomic E-state index is 0.0303. The van der Waals surface area contributed by atoms with Gasteiger partial charge in [0, 0.05) is 19.1 Å². The van der Waals surface area contributed by atoms with E-state index in [1.807, 2.05) is 0 Å². The second-order valence-corrected chi connectivity index (χ2v) is 6.73. The van der Waals surface area contributed by atoms with Crippen molar-refractivity contribution in [3.63, 3.8) is 0 Å². The Bertz CT molecular complexity index is 360. The molecule has 1 amide bonds. The molecule has 126 valence electrons. The third kappa shape index (κ3) is 5.95. The van der Waals surface area contributed by atoms with Gasteiger partial charge < -0.3 is 15.2 Å². The molecule has 1 saturated heterocycles. The number of amides is 1. The van der Waals surface area contributed by atoms with Gasteiger partial charge in [0.25, 0.3) is 0 Å². The molecule has 0 aromatic heterocycles. The topological polar surface area (TPSA) is 75.6 Å². The Balaban J connectivity index is 1.84. The van der Waals surface area contributed by atoms with Crippen molar-refractivity contribution in [2.75, 3.05) is 6.61 Å². The van der Waals surface area contributed by atoms with Gasteiger partial charge in [0.2, 0.25) is 5.91 Å². The molecule has 2 fully saturated rings. The van der Waals surface area contributed by atoms with Crippen molar-refractivity contribution in [3.05, 3.63) is 0 Å². The molecule has 2 atom stereocenters. The molecule has 2 unspecified atom stereocenters. The number of carboxylic acid groups (broad SMARTS) is 1. The van der Waals surface area contributed by atoms with Crippen molar-refractivity contribution in [2.24, 2.45) is 5.92 Å². The lowest BCUT2D eigenvalue weighted by Crippen LogP contribution is -2.44. The van der Waals surface area contributed by atoms with Gasteiger partial charge in [-0.05, 0) is 38.0 Å². The molecule has 2 N–H and O–H groups in total. The number of nitrogens with one attached hydrogen (secondary N) is 1. The maximum Gasteiger partial charge on any atom is 0.303 e. The van der Waals surface area contributed by atoms with Gasteiger partial charge >= 0.3 is 5.97 Å². The highest BCUT2D eigenvalue weighted by atomic mass is 16.5. The van der Waals surface area contributed by atoms with Gasteiger partial charge in [-0.15, -0.1) is 0 Å². The van der Waals surface area contributed by atoms with Crippen LogP contribution in [0.1, 0.15) is 70.6 Å². The van der Waals surface area contributed by atoms with Gasteiger partial charge in [-0.25, -0.2) is 0 Å². The van der Waals surface area contributed by atoms with E-state index in [4.69, 9.17) is 9.84 Å². The fraction of sp³-hybridized carbons (Fsp3) is 0.882. The first-order valence-electron chi connectivity index (χ1n) is 8.79. The number of carbonyl (C=O) groups excluding carboxylic acids is 1. The van der Waals surface area contributed by atoms with E-state index in [9.17, 15) is 9.59 Å². The first-order chi connectivity index (χ1) is 10.6. The maximum absolute atomic E-state index is 12.3. The molecule has 0 aromatic rings. The predicted molar refractivity (Wildman–Crippen MR) is 83.6 cm³/mol. The van der Waals surface area contributed by atoms with Crippen LogP contribution in [0, 0.1) is 5.92 Å². The van der Waals surface area contributed by atoms with Crippen LogP contribution in [0.15, 0.2) is 0 Å². The van der Waals surface area contributed by atoms with E-state index in [2.05, 4.69) is 5.32 Å². The molecule has 22 heavy (non-hydrogen) atoms. The Hall–Kier alpha value is -1.10. The number of carboxylic acids is 1. The second-order valence-electron chi connectivity index (χ2n) is 6.73. The summed E-state index contributed by atoms with van der Waals surface area (Å²) in [6.07, 6.45) is 10.3. The molecule has 1 aliphatic carbocycles. The highest BCUT2D eigenvalue weighted by Crippen LogP contribution is 2.28. The summed E-state index contributed by atoms with van der Waals surface area (Å²) in [5.74, 6) is -0.220. The zero-order valence-corrected chi connectivity index (χ0v) is 13.4. The molecule has 0 aromatic carbocycles. The largest absolute Gasteiger partial charge is 0.481 e. The maximum atomic E-state index is 12.3. The van der Waals surface area contributed by atoms with Crippen molar-refractivity contribution < 1.29 is 19.4 Å². The molecule has 5 heteroatoms. The first-order valence-corrected chi connectivity index (χ1v) is 8.79. The number of hydrogen-bond acceptors (Lipinski definition) is 3. The van der Waals surface area contributed by atoms with E-state index in [1.54, 1.807) is 0 Å². The molecule has 0 spiro atoms. The number of carbonyl (C=O) groups is 2. The summed E-state index contributed by atoms with van der Waals surface area (Å²) in [7, 11) is 0. The highest BCUT2D eigenvalue weighted by Gasteiger charge is 2.26. The molecule has 1 aliphatic heterocycles. The summed E-state index contributed by atoms with van der Waals surface area (Å²) in [5, 5.41) is 12.0. The summed E-state index contributed by atoms with van der Waals surface area (Å²) in [6.45, 7) is 0.653. The third-order valence-electron chi connectivity index (χ3n) is 4.87. The number of hydrogen-bond donors (Lipinski definition) is 2. The molecule has 5 nitrogen and oxygen atoms in total. The summed E-state index contributed by atoms with van der Waals surface area (Å²) in [4.78, 5) is 23.2. The van der Waals surface area contributed by atoms with Crippen LogP contribution in [0.25, 0.3) is 0 Å². The Morgan fingerprint density at radius 3 is 2.45 bits per heavy atom. The summed E-state index contributed by atoms with van der Waals surface area (Å²) in [6, 6.07) is -0.0303. The zero-order valence-electron chi connectivity index (χ0n) is 13.4. The molecule has 0 bridgehead atoms. The fourth-order valence-electron chi connectivity index (χ4n) is 3.61. The molecular formula is C17H29NO4. The van der Waals surface area contributed by atoms with Gasteiger partial charge in [0.05, 0.1) is 0 Å². The van der Waals surface area contributed by atoms with Crippen LogP contribution in [0.5, 0.6) is 0 Å². The van der Waals surface area contributed by atoms with Crippen LogP contribution in [0.2, 0.25) is 0 Å². The van der Waals surface area contributed by atoms with E-state index in [1.165, 1.54) is 32.1 Å². The van der Waals surface area contributed by atoms with Gasteiger partial charge in [-0.3, -0.25) is 9.59 Å². The van der Waals surface area contributed by atoms with E-state index in [0.717, 1.165) is 25.7 Å². The van der Waals surface area contributed by atoms with Gasteiger partial charge in [-0.1, -0.05) is 32.1 Å². The fourth-order valence-corrected chi connectivity index (χ4v) is 3.61. The van der Waals surface area contributed by atoms with Crippen molar-refractivity contribution >= 4 is 11.9 Å². The van der Waals surface area contributed by atoms with Crippen molar-refractivity contribution in [1.82, 2.24) is 5.32 Å². The Labute approximate surface area is 132 Å². The molecule has 2 aliphatic rings. The SMILES string of the molecule is O=C(O)CCC(CC1CCCCC1)NC(=O)C1CCCCO1. The first kappa shape index (κ1) is 17.3. The van der Waals surface area contributed by atoms with Crippen LogP contribution in [0.4, 0.5) is 0 Å². The van der Waals surface area contributed by atoms with E-state index in [0.29, 0.717) is 18.9 Å².